The van der Waals surface area contributed by atoms with E-state index in [0.29, 0.717) is 5.41 Å². The van der Waals surface area contributed by atoms with Crippen LogP contribution in [0.5, 0.6) is 0 Å². The average molecular weight is 248 g/mol. The van der Waals surface area contributed by atoms with Crippen LogP contribution in [0.25, 0.3) is 0 Å². The molecule has 1 unspecified atom stereocenters. The second-order valence-electron chi connectivity index (χ2n) is 4.66. The second kappa shape index (κ2) is 4.79. The van der Waals surface area contributed by atoms with Crippen LogP contribution in [0.3, 0.4) is 0 Å². The molecule has 1 saturated carbocycles. The van der Waals surface area contributed by atoms with Crippen LogP contribution in [-0.2, 0) is 0 Å². The first-order chi connectivity index (χ1) is 6.13. The molecule has 0 aromatic heterocycles. The van der Waals surface area contributed by atoms with E-state index in [0.717, 1.165) is 6.04 Å². The van der Waals surface area contributed by atoms with Gasteiger partial charge in [-0.3, -0.25) is 0 Å². The van der Waals surface area contributed by atoms with Crippen LogP contribution < -0.4 is 0 Å². The van der Waals surface area contributed by atoms with Crippen molar-refractivity contribution in [3.05, 3.63) is 0 Å². The predicted molar refractivity (Wildman–Crippen MR) is 62.5 cm³/mol. The van der Waals surface area contributed by atoms with Crippen molar-refractivity contribution in [1.82, 2.24) is 4.90 Å². The first-order valence-corrected chi connectivity index (χ1v) is 6.52. The number of hydrogen-bond acceptors (Lipinski definition) is 1. The molecule has 1 aliphatic carbocycles. The Morgan fingerprint density at radius 1 is 1.46 bits per heavy atom. The highest BCUT2D eigenvalue weighted by molar-refractivity contribution is 9.09. The minimum absolute atomic E-state index is 0.609. The molecule has 78 valence electrons. The smallest absolute Gasteiger partial charge is 0.0100 e. The lowest BCUT2D eigenvalue weighted by molar-refractivity contribution is 0.0854. The summed E-state index contributed by atoms with van der Waals surface area (Å²) in [5, 5.41) is 1.18. The molecule has 1 aliphatic rings. The molecule has 0 amide bonds. The topological polar surface area (TPSA) is 3.24 Å². The van der Waals surface area contributed by atoms with Gasteiger partial charge in [0, 0.05) is 17.9 Å². The molecule has 1 atom stereocenters. The van der Waals surface area contributed by atoms with Gasteiger partial charge < -0.3 is 4.90 Å². The summed E-state index contributed by atoms with van der Waals surface area (Å²) in [6.07, 6.45) is 5.52. The molecule has 0 aromatic carbocycles. The Morgan fingerprint density at radius 3 is 2.38 bits per heavy atom. The number of alkyl halides is 1. The summed E-state index contributed by atoms with van der Waals surface area (Å²) in [6, 6.07) is 0.733. The van der Waals surface area contributed by atoms with E-state index in [9.17, 15) is 0 Å². The second-order valence-corrected chi connectivity index (χ2v) is 5.22. The van der Waals surface area contributed by atoms with Crippen LogP contribution in [0, 0.1) is 5.41 Å². The lowest BCUT2D eigenvalue weighted by Crippen LogP contribution is -2.44. The standard InChI is InChI=1S/C11H22BrN/c1-4-10(2)13(3)9-11(8-12)6-5-7-11/h10H,4-9H2,1-3H3. The molecular weight excluding hydrogens is 226 g/mol. The van der Waals surface area contributed by atoms with Crippen molar-refractivity contribution in [2.75, 3.05) is 18.9 Å². The summed E-state index contributed by atoms with van der Waals surface area (Å²) < 4.78 is 0. The SMILES string of the molecule is CCC(C)N(C)CC1(CBr)CCC1. The first-order valence-electron chi connectivity index (χ1n) is 5.40. The summed E-state index contributed by atoms with van der Waals surface area (Å²) in [5.41, 5.74) is 0.609. The van der Waals surface area contributed by atoms with Gasteiger partial charge in [-0.15, -0.1) is 0 Å². The number of rotatable bonds is 5. The Bertz CT molecular complexity index is 149. The van der Waals surface area contributed by atoms with Gasteiger partial charge in [-0.2, -0.15) is 0 Å². The summed E-state index contributed by atoms with van der Waals surface area (Å²) in [6.45, 7) is 5.86. The molecule has 1 nitrogen and oxygen atoms in total. The van der Waals surface area contributed by atoms with Gasteiger partial charge in [-0.25, -0.2) is 0 Å². The van der Waals surface area contributed by atoms with Gasteiger partial charge in [0.15, 0.2) is 0 Å². The van der Waals surface area contributed by atoms with Crippen LogP contribution in [-0.4, -0.2) is 29.9 Å². The molecule has 0 saturated heterocycles. The van der Waals surface area contributed by atoms with Crippen LogP contribution in [0.2, 0.25) is 0 Å². The van der Waals surface area contributed by atoms with Crippen LogP contribution >= 0.6 is 15.9 Å². The van der Waals surface area contributed by atoms with Crippen molar-refractivity contribution in [2.24, 2.45) is 5.41 Å². The van der Waals surface area contributed by atoms with Crippen molar-refractivity contribution in [1.29, 1.82) is 0 Å². The number of hydrogen-bond donors (Lipinski definition) is 0. The third kappa shape index (κ3) is 2.69. The highest BCUT2D eigenvalue weighted by Gasteiger charge is 2.37. The maximum Gasteiger partial charge on any atom is 0.0100 e. The van der Waals surface area contributed by atoms with E-state index in [2.05, 4.69) is 41.7 Å². The Labute approximate surface area is 91.0 Å². The van der Waals surface area contributed by atoms with Gasteiger partial charge >= 0.3 is 0 Å². The van der Waals surface area contributed by atoms with Gasteiger partial charge in [0.2, 0.25) is 0 Å². The van der Waals surface area contributed by atoms with Gasteiger partial charge in [0.1, 0.15) is 0 Å². The van der Waals surface area contributed by atoms with Gasteiger partial charge in [-0.05, 0) is 38.6 Å². The Hall–Kier alpha value is 0.440. The van der Waals surface area contributed by atoms with Gasteiger partial charge in [0.25, 0.3) is 0 Å². The van der Waals surface area contributed by atoms with E-state index >= 15 is 0 Å². The van der Waals surface area contributed by atoms with Gasteiger partial charge in [0.05, 0.1) is 0 Å². The third-order valence-electron chi connectivity index (χ3n) is 3.63. The fourth-order valence-electron chi connectivity index (χ4n) is 2.01. The first kappa shape index (κ1) is 11.5. The van der Waals surface area contributed by atoms with Crippen molar-refractivity contribution >= 4 is 15.9 Å². The summed E-state index contributed by atoms with van der Waals surface area (Å²) in [4.78, 5) is 2.51. The lowest BCUT2D eigenvalue weighted by atomic mass is 9.70. The van der Waals surface area contributed by atoms with E-state index in [1.165, 1.54) is 37.6 Å². The minimum Gasteiger partial charge on any atom is -0.303 e. The van der Waals surface area contributed by atoms with Crippen LogP contribution in [0.1, 0.15) is 39.5 Å². The van der Waals surface area contributed by atoms with Crippen molar-refractivity contribution in [3.8, 4) is 0 Å². The highest BCUT2D eigenvalue weighted by Crippen LogP contribution is 2.43. The zero-order valence-corrected chi connectivity index (χ0v) is 10.7. The molecule has 0 aromatic rings. The van der Waals surface area contributed by atoms with E-state index in [1.54, 1.807) is 0 Å². The summed E-state index contributed by atoms with van der Waals surface area (Å²) >= 11 is 3.66. The van der Waals surface area contributed by atoms with E-state index in [-0.39, 0.29) is 0 Å². The fourth-order valence-corrected chi connectivity index (χ4v) is 2.75. The highest BCUT2D eigenvalue weighted by atomic mass is 79.9. The Kier molecular flexibility index (Phi) is 4.24. The molecule has 0 heterocycles. The molecule has 0 radical (unpaired) electrons. The van der Waals surface area contributed by atoms with Gasteiger partial charge in [-0.1, -0.05) is 29.3 Å². The Morgan fingerprint density at radius 2 is 2.08 bits per heavy atom. The zero-order chi connectivity index (χ0) is 9.90. The molecule has 2 heteroatoms. The quantitative estimate of drug-likeness (QED) is 0.675. The summed E-state index contributed by atoms with van der Waals surface area (Å²) in [5.74, 6) is 0. The number of halogens is 1. The largest absolute Gasteiger partial charge is 0.303 e. The molecule has 1 fully saturated rings. The molecule has 0 N–H and O–H groups in total. The van der Waals surface area contributed by atoms with Crippen LogP contribution in [0.15, 0.2) is 0 Å². The van der Waals surface area contributed by atoms with Crippen molar-refractivity contribution in [2.45, 2.75) is 45.6 Å². The van der Waals surface area contributed by atoms with Crippen molar-refractivity contribution < 1.29 is 0 Å². The Balaban J connectivity index is 2.37. The third-order valence-corrected chi connectivity index (χ3v) is 4.82. The minimum atomic E-state index is 0.609. The lowest BCUT2D eigenvalue weighted by Gasteiger charge is -2.44. The number of nitrogens with zero attached hydrogens (tertiary/aromatic N) is 1. The monoisotopic (exact) mass is 247 g/mol. The maximum atomic E-state index is 3.66. The van der Waals surface area contributed by atoms with E-state index in [1.807, 2.05) is 0 Å². The van der Waals surface area contributed by atoms with Crippen LogP contribution in [0.4, 0.5) is 0 Å². The molecule has 1 rings (SSSR count). The van der Waals surface area contributed by atoms with E-state index < -0.39 is 0 Å². The molecule has 0 spiro atoms. The molecule has 0 bridgehead atoms. The molecule has 0 aliphatic heterocycles. The fraction of sp³-hybridized carbons (Fsp3) is 1.00. The molecule has 13 heavy (non-hydrogen) atoms. The van der Waals surface area contributed by atoms with E-state index in [4.69, 9.17) is 0 Å². The maximum absolute atomic E-state index is 3.66. The van der Waals surface area contributed by atoms with Crippen molar-refractivity contribution in [3.63, 3.8) is 0 Å². The summed E-state index contributed by atoms with van der Waals surface area (Å²) in [7, 11) is 2.26. The normalized spacial score (nSPS) is 22.8. The predicted octanol–water partition coefficient (Wildman–Crippen LogP) is 3.28. The average Bonchev–Trinajstić information content (AvgIpc) is 2.09. The molecular formula is C11H22BrN. The zero-order valence-electron chi connectivity index (χ0n) is 9.15.